The van der Waals surface area contributed by atoms with E-state index in [1.54, 1.807) is 14.2 Å². The van der Waals surface area contributed by atoms with Gasteiger partial charge in [0.25, 0.3) is 0 Å². The van der Waals surface area contributed by atoms with Gasteiger partial charge in [-0.1, -0.05) is 0 Å². The van der Waals surface area contributed by atoms with Gasteiger partial charge in [-0.25, -0.2) is 0 Å². The summed E-state index contributed by atoms with van der Waals surface area (Å²) in [4.78, 5) is 12.2. The van der Waals surface area contributed by atoms with E-state index < -0.39 is 0 Å². The van der Waals surface area contributed by atoms with Gasteiger partial charge in [0.05, 0.1) is 33.5 Å². The first-order valence-corrected chi connectivity index (χ1v) is 7.46. The molecule has 0 aromatic heterocycles. The van der Waals surface area contributed by atoms with Crippen molar-refractivity contribution in [3.05, 3.63) is 23.8 Å². The summed E-state index contributed by atoms with van der Waals surface area (Å²) in [5.74, 6) is 1.45. The third kappa shape index (κ3) is 4.35. The number of hydrogen-bond donors (Lipinski definition) is 2. The highest BCUT2D eigenvalue weighted by Crippen LogP contribution is 2.29. The molecule has 0 aliphatic carbocycles. The molecule has 1 saturated heterocycles. The van der Waals surface area contributed by atoms with Crippen LogP contribution in [-0.4, -0.2) is 45.9 Å². The summed E-state index contributed by atoms with van der Waals surface area (Å²) >= 11 is 0. The second-order valence-electron chi connectivity index (χ2n) is 5.33. The Kier molecular flexibility index (Phi) is 6.03. The molecular weight excluding hydrogens is 284 g/mol. The van der Waals surface area contributed by atoms with E-state index in [9.17, 15) is 4.79 Å². The van der Waals surface area contributed by atoms with E-state index in [2.05, 4.69) is 10.6 Å². The highest BCUT2D eigenvalue weighted by molar-refractivity contribution is 5.77. The molecular formula is C16H24N2O4. The largest absolute Gasteiger partial charge is 0.497 e. The molecule has 6 heteroatoms. The van der Waals surface area contributed by atoms with E-state index in [-0.39, 0.29) is 18.0 Å². The number of amides is 1. The van der Waals surface area contributed by atoms with Gasteiger partial charge in [-0.05, 0) is 25.1 Å². The van der Waals surface area contributed by atoms with Crippen molar-refractivity contribution in [1.82, 2.24) is 10.6 Å². The van der Waals surface area contributed by atoms with Gasteiger partial charge in [0.15, 0.2) is 0 Å². The molecule has 2 atom stereocenters. The lowest BCUT2D eigenvalue weighted by Crippen LogP contribution is -2.44. The fraction of sp³-hybridized carbons (Fsp3) is 0.562. The van der Waals surface area contributed by atoms with Crippen LogP contribution in [-0.2, 0) is 9.53 Å². The van der Waals surface area contributed by atoms with Gasteiger partial charge in [0, 0.05) is 24.6 Å². The van der Waals surface area contributed by atoms with Gasteiger partial charge >= 0.3 is 0 Å². The Morgan fingerprint density at radius 1 is 1.45 bits per heavy atom. The maximum atomic E-state index is 12.2. The average molecular weight is 308 g/mol. The fourth-order valence-corrected chi connectivity index (χ4v) is 2.53. The molecule has 2 unspecified atom stereocenters. The van der Waals surface area contributed by atoms with Crippen LogP contribution in [0.3, 0.4) is 0 Å². The number of carbonyl (C=O) groups is 1. The van der Waals surface area contributed by atoms with E-state index in [0.717, 1.165) is 23.6 Å². The van der Waals surface area contributed by atoms with Gasteiger partial charge in [0.2, 0.25) is 5.91 Å². The van der Waals surface area contributed by atoms with Crippen molar-refractivity contribution in [2.24, 2.45) is 0 Å². The van der Waals surface area contributed by atoms with Gasteiger partial charge in [-0.15, -0.1) is 0 Å². The molecule has 1 aromatic carbocycles. The molecule has 0 bridgehead atoms. The summed E-state index contributed by atoms with van der Waals surface area (Å²) in [5.41, 5.74) is 0.892. The predicted octanol–water partition coefficient (Wildman–Crippen LogP) is 1.26. The van der Waals surface area contributed by atoms with Crippen LogP contribution < -0.4 is 20.1 Å². The Bertz CT molecular complexity index is 501. The zero-order chi connectivity index (χ0) is 15.9. The van der Waals surface area contributed by atoms with Crippen LogP contribution in [0.4, 0.5) is 0 Å². The van der Waals surface area contributed by atoms with Crippen molar-refractivity contribution in [3.63, 3.8) is 0 Å². The number of benzene rings is 1. The fourth-order valence-electron chi connectivity index (χ4n) is 2.53. The number of morpholine rings is 1. The summed E-state index contributed by atoms with van der Waals surface area (Å²) in [6, 6.07) is 5.47. The highest BCUT2D eigenvalue weighted by Gasteiger charge is 2.20. The molecule has 1 aliphatic heterocycles. The second-order valence-corrected chi connectivity index (χ2v) is 5.33. The molecule has 0 radical (unpaired) electrons. The first-order chi connectivity index (χ1) is 10.6. The third-order valence-corrected chi connectivity index (χ3v) is 3.71. The van der Waals surface area contributed by atoms with Crippen LogP contribution in [0.25, 0.3) is 0 Å². The van der Waals surface area contributed by atoms with Crippen molar-refractivity contribution >= 4 is 5.91 Å². The first kappa shape index (κ1) is 16.6. The van der Waals surface area contributed by atoms with Crippen LogP contribution in [0, 0.1) is 0 Å². The van der Waals surface area contributed by atoms with Crippen molar-refractivity contribution in [2.75, 3.05) is 34.0 Å². The first-order valence-electron chi connectivity index (χ1n) is 7.46. The van der Waals surface area contributed by atoms with Crippen LogP contribution in [0.5, 0.6) is 11.5 Å². The molecule has 1 amide bonds. The molecule has 22 heavy (non-hydrogen) atoms. The van der Waals surface area contributed by atoms with E-state index in [1.807, 2.05) is 25.1 Å². The smallest absolute Gasteiger partial charge is 0.222 e. The number of nitrogens with one attached hydrogen (secondary N) is 2. The topological polar surface area (TPSA) is 68.8 Å². The minimum atomic E-state index is -0.165. The third-order valence-electron chi connectivity index (χ3n) is 3.71. The molecule has 1 fully saturated rings. The molecule has 0 saturated carbocycles. The van der Waals surface area contributed by atoms with Crippen molar-refractivity contribution in [1.29, 1.82) is 0 Å². The lowest BCUT2D eigenvalue weighted by molar-refractivity contribution is -0.122. The second kappa shape index (κ2) is 8.00. The summed E-state index contributed by atoms with van der Waals surface area (Å²) < 4.78 is 16.0. The normalized spacial score (nSPS) is 19.3. The zero-order valence-corrected chi connectivity index (χ0v) is 13.3. The maximum Gasteiger partial charge on any atom is 0.222 e. The lowest BCUT2D eigenvalue weighted by atomic mass is 10.1. The average Bonchev–Trinajstić information content (AvgIpc) is 2.54. The van der Waals surface area contributed by atoms with E-state index in [0.29, 0.717) is 19.6 Å². The monoisotopic (exact) mass is 308 g/mol. The Balaban J connectivity index is 1.98. The van der Waals surface area contributed by atoms with Crippen LogP contribution >= 0.6 is 0 Å². The number of hydrogen-bond acceptors (Lipinski definition) is 5. The van der Waals surface area contributed by atoms with Crippen LogP contribution in [0.15, 0.2) is 18.2 Å². The molecule has 2 rings (SSSR count). The summed E-state index contributed by atoms with van der Waals surface area (Å²) in [6.45, 7) is 4.00. The Hall–Kier alpha value is -1.79. The van der Waals surface area contributed by atoms with Crippen molar-refractivity contribution in [3.8, 4) is 11.5 Å². The summed E-state index contributed by atoms with van der Waals surface area (Å²) in [7, 11) is 3.23. The lowest BCUT2D eigenvalue weighted by Gasteiger charge is -2.24. The van der Waals surface area contributed by atoms with E-state index in [4.69, 9.17) is 14.2 Å². The molecule has 2 N–H and O–H groups in total. The van der Waals surface area contributed by atoms with Crippen molar-refractivity contribution < 1.29 is 19.0 Å². The minimum absolute atomic E-state index is 0.0135. The maximum absolute atomic E-state index is 12.2. The molecule has 122 valence electrons. The minimum Gasteiger partial charge on any atom is -0.497 e. The van der Waals surface area contributed by atoms with Gasteiger partial charge < -0.3 is 24.8 Å². The predicted molar refractivity (Wildman–Crippen MR) is 83.3 cm³/mol. The van der Waals surface area contributed by atoms with Crippen LogP contribution in [0.1, 0.15) is 24.9 Å². The number of methoxy groups -OCH3 is 2. The molecule has 1 aromatic rings. The number of rotatable bonds is 6. The summed E-state index contributed by atoms with van der Waals surface area (Å²) in [5, 5.41) is 6.27. The van der Waals surface area contributed by atoms with E-state index >= 15 is 0 Å². The zero-order valence-electron chi connectivity index (χ0n) is 13.3. The molecule has 1 aliphatic rings. The number of carbonyl (C=O) groups excluding carboxylic acids is 1. The van der Waals surface area contributed by atoms with Crippen LogP contribution in [0.2, 0.25) is 0 Å². The number of ether oxygens (including phenoxy) is 3. The molecule has 1 heterocycles. The SMILES string of the molecule is COc1ccc(OC)c(C(C)NC(=O)CC2COCCN2)c1. The van der Waals surface area contributed by atoms with Gasteiger partial charge in [0.1, 0.15) is 11.5 Å². The molecule has 0 spiro atoms. The Morgan fingerprint density at radius 2 is 2.27 bits per heavy atom. The summed E-state index contributed by atoms with van der Waals surface area (Å²) in [6.07, 6.45) is 0.399. The van der Waals surface area contributed by atoms with Crippen molar-refractivity contribution in [2.45, 2.75) is 25.4 Å². The Morgan fingerprint density at radius 3 is 2.91 bits per heavy atom. The quantitative estimate of drug-likeness (QED) is 0.828. The highest BCUT2D eigenvalue weighted by atomic mass is 16.5. The standard InChI is InChI=1S/C16H24N2O4/c1-11(14-9-13(20-2)4-5-15(14)21-3)18-16(19)8-12-10-22-7-6-17-12/h4-5,9,11-12,17H,6-8,10H2,1-3H3,(H,18,19). The van der Waals surface area contributed by atoms with Gasteiger partial charge in [-0.2, -0.15) is 0 Å². The van der Waals surface area contributed by atoms with E-state index in [1.165, 1.54) is 0 Å². The molecule has 6 nitrogen and oxygen atoms in total. The Labute approximate surface area is 131 Å². The van der Waals surface area contributed by atoms with Gasteiger partial charge in [-0.3, -0.25) is 4.79 Å².